The Morgan fingerprint density at radius 1 is 1.07 bits per heavy atom. The van der Waals surface area contributed by atoms with Crippen molar-refractivity contribution in [2.45, 2.75) is 53.1 Å². The van der Waals surface area contributed by atoms with Gasteiger partial charge in [0.05, 0.1) is 0 Å². The van der Waals surface area contributed by atoms with Gasteiger partial charge in [0.25, 0.3) is 0 Å². The van der Waals surface area contributed by atoms with Crippen LogP contribution in [0.3, 0.4) is 0 Å². The van der Waals surface area contributed by atoms with Crippen molar-refractivity contribution < 1.29 is 0 Å². The molecule has 15 heavy (non-hydrogen) atoms. The van der Waals surface area contributed by atoms with E-state index in [-0.39, 0.29) is 0 Å². The van der Waals surface area contributed by atoms with Gasteiger partial charge in [0.2, 0.25) is 0 Å². The van der Waals surface area contributed by atoms with Crippen molar-refractivity contribution >= 4 is 0 Å². The fraction of sp³-hybridized carbons (Fsp3) is 0.571. The van der Waals surface area contributed by atoms with Crippen LogP contribution in [0.4, 0.5) is 0 Å². The van der Waals surface area contributed by atoms with Gasteiger partial charge in [-0.1, -0.05) is 6.07 Å². The Labute approximate surface area is 92.9 Å². The molecule has 1 N–H and O–H groups in total. The third-order valence-electron chi connectivity index (χ3n) is 3.67. The lowest BCUT2D eigenvalue weighted by molar-refractivity contribution is 0.681. The highest BCUT2D eigenvalue weighted by molar-refractivity contribution is 5.43. The summed E-state index contributed by atoms with van der Waals surface area (Å²) in [7, 11) is 0. The maximum Gasteiger partial charge on any atom is 0.0213 e. The number of rotatable bonds is 3. The van der Waals surface area contributed by atoms with Crippen molar-refractivity contribution in [3.8, 4) is 0 Å². The van der Waals surface area contributed by atoms with E-state index in [9.17, 15) is 0 Å². The maximum absolute atomic E-state index is 3.61. The molecule has 1 aliphatic carbocycles. The lowest BCUT2D eigenvalue weighted by Gasteiger charge is -2.15. The molecule has 1 aromatic carbocycles. The molecule has 0 aromatic heterocycles. The molecule has 0 radical (unpaired) electrons. The number of aryl methyl sites for hydroxylation is 2. The molecule has 2 rings (SSSR count). The van der Waals surface area contributed by atoms with E-state index >= 15 is 0 Å². The highest BCUT2D eigenvalue weighted by atomic mass is 14.9. The van der Waals surface area contributed by atoms with Crippen LogP contribution >= 0.6 is 0 Å². The third-order valence-corrected chi connectivity index (χ3v) is 3.67. The molecule has 0 saturated heterocycles. The van der Waals surface area contributed by atoms with Crippen LogP contribution in [-0.2, 0) is 6.54 Å². The van der Waals surface area contributed by atoms with Crippen molar-refractivity contribution in [3.05, 3.63) is 33.9 Å². The van der Waals surface area contributed by atoms with E-state index in [1.165, 1.54) is 40.7 Å². The second kappa shape index (κ2) is 3.97. The van der Waals surface area contributed by atoms with Gasteiger partial charge in [-0.15, -0.1) is 0 Å². The average Bonchev–Trinajstić information content (AvgIpc) is 2.99. The molecular weight excluding hydrogens is 182 g/mol. The lowest BCUT2D eigenvalue weighted by atomic mass is 9.94. The number of benzene rings is 1. The molecule has 1 aromatic rings. The van der Waals surface area contributed by atoms with Gasteiger partial charge < -0.3 is 5.32 Å². The first-order chi connectivity index (χ1) is 7.09. The summed E-state index contributed by atoms with van der Waals surface area (Å²) in [4.78, 5) is 0. The number of hydrogen-bond acceptors (Lipinski definition) is 1. The summed E-state index contributed by atoms with van der Waals surface area (Å²) in [5, 5.41) is 3.61. The molecule has 0 unspecified atom stereocenters. The first-order valence-electron chi connectivity index (χ1n) is 5.89. The Morgan fingerprint density at radius 2 is 1.60 bits per heavy atom. The van der Waals surface area contributed by atoms with Crippen LogP contribution < -0.4 is 5.32 Å². The second-order valence-corrected chi connectivity index (χ2v) is 4.89. The van der Waals surface area contributed by atoms with Crippen LogP contribution in [0.1, 0.15) is 40.7 Å². The Balaban J connectivity index is 2.25. The van der Waals surface area contributed by atoms with Crippen molar-refractivity contribution in [1.82, 2.24) is 5.32 Å². The highest BCUT2D eigenvalue weighted by Crippen LogP contribution is 2.24. The van der Waals surface area contributed by atoms with Crippen LogP contribution in [0.5, 0.6) is 0 Å². The molecule has 0 atom stereocenters. The van der Waals surface area contributed by atoms with Crippen molar-refractivity contribution in [1.29, 1.82) is 0 Å². The number of nitrogens with one attached hydrogen (secondary N) is 1. The van der Waals surface area contributed by atoms with Crippen molar-refractivity contribution in [2.75, 3.05) is 0 Å². The second-order valence-electron chi connectivity index (χ2n) is 4.89. The van der Waals surface area contributed by atoms with Gasteiger partial charge in [-0.25, -0.2) is 0 Å². The summed E-state index contributed by atoms with van der Waals surface area (Å²) in [5.41, 5.74) is 7.29. The van der Waals surface area contributed by atoms with Gasteiger partial charge >= 0.3 is 0 Å². The standard InChI is InChI=1S/C14H21N/c1-9-7-10(2)12(4)14(11(9)3)8-15-13-5-6-13/h7,13,15H,5-6,8H2,1-4H3. The Bertz CT molecular complexity index is 349. The minimum absolute atomic E-state index is 0.796. The topological polar surface area (TPSA) is 12.0 Å². The Morgan fingerprint density at radius 3 is 2.07 bits per heavy atom. The molecule has 1 aliphatic rings. The fourth-order valence-electron chi connectivity index (χ4n) is 2.10. The van der Waals surface area contributed by atoms with Gasteiger partial charge in [-0.3, -0.25) is 0 Å². The molecule has 1 saturated carbocycles. The summed E-state index contributed by atoms with van der Waals surface area (Å²) in [6.45, 7) is 9.95. The monoisotopic (exact) mass is 203 g/mol. The summed E-state index contributed by atoms with van der Waals surface area (Å²) in [6.07, 6.45) is 2.73. The number of hydrogen-bond donors (Lipinski definition) is 1. The fourth-order valence-corrected chi connectivity index (χ4v) is 2.10. The molecular formula is C14H21N. The van der Waals surface area contributed by atoms with Crippen LogP contribution in [-0.4, -0.2) is 6.04 Å². The van der Waals surface area contributed by atoms with E-state index in [1.807, 2.05) is 0 Å². The lowest BCUT2D eigenvalue weighted by Crippen LogP contribution is -2.17. The predicted molar refractivity (Wildman–Crippen MR) is 65.3 cm³/mol. The van der Waals surface area contributed by atoms with E-state index in [2.05, 4.69) is 39.1 Å². The van der Waals surface area contributed by atoms with Gasteiger partial charge in [0.15, 0.2) is 0 Å². The minimum Gasteiger partial charge on any atom is -0.310 e. The van der Waals surface area contributed by atoms with E-state index in [4.69, 9.17) is 0 Å². The van der Waals surface area contributed by atoms with Gasteiger partial charge in [-0.2, -0.15) is 0 Å². The molecule has 1 fully saturated rings. The highest BCUT2D eigenvalue weighted by Gasteiger charge is 2.20. The summed E-state index contributed by atoms with van der Waals surface area (Å²) in [5.74, 6) is 0. The van der Waals surface area contributed by atoms with E-state index in [1.54, 1.807) is 0 Å². The van der Waals surface area contributed by atoms with Crippen LogP contribution in [0.15, 0.2) is 6.07 Å². The zero-order chi connectivity index (χ0) is 11.0. The quantitative estimate of drug-likeness (QED) is 0.795. The average molecular weight is 203 g/mol. The molecule has 1 nitrogen and oxygen atoms in total. The predicted octanol–water partition coefficient (Wildman–Crippen LogP) is 3.17. The normalized spacial score (nSPS) is 15.7. The first kappa shape index (κ1) is 10.7. The Kier molecular flexibility index (Phi) is 2.83. The van der Waals surface area contributed by atoms with Crippen LogP contribution in [0, 0.1) is 27.7 Å². The molecule has 0 aliphatic heterocycles. The summed E-state index contributed by atoms with van der Waals surface area (Å²) in [6, 6.07) is 3.09. The maximum atomic E-state index is 3.61. The molecule has 0 bridgehead atoms. The van der Waals surface area contributed by atoms with Gasteiger partial charge in [0, 0.05) is 12.6 Å². The SMILES string of the molecule is Cc1cc(C)c(C)c(CNC2CC2)c1C. The molecule has 0 amide bonds. The molecule has 1 heteroatoms. The van der Waals surface area contributed by atoms with E-state index in [0.29, 0.717) is 0 Å². The Hall–Kier alpha value is -0.820. The van der Waals surface area contributed by atoms with Crippen LogP contribution in [0.2, 0.25) is 0 Å². The molecule has 0 heterocycles. The van der Waals surface area contributed by atoms with Crippen molar-refractivity contribution in [3.63, 3.8) is 0 Å². The van der Waals surface area contributed by atoms with Gasteiger partial charge in [0.1, 0.15) is 0 Å². The summed E-state index contributed by atoms with van der Waals surface area (Å²) >= 11 is 0. The van der Waals surface area contributed by atoms with Crippen LogP contribution in [0.25, 0.3) is 0 Å². The smallest absolute Gasteiger partial charge is 0.0213 e. The molecule has 0 spiro atoms. The van der Waals surface area contributed by atoms with Crippen molar-refractivity contribution in [2.24, 2.45) is 0 Å². The molecule has 82 valence electrons. The zero-order valence-corrected chi connectivity index (χ0v) is 10.3. The zero-order valence-electron chi connectivity index (χ0n) is 10.3. The third kappa shape index (κ3) is 2.23. The van der Waals surface area contributed by atoms with E-state index < -0.39 is 0 Å². The van der Waals surface area contributed by atoms with Gasteiger partial charge in [-0.05, 0) is 68.4 Å². The first-order valence-corrected chi connectivity index (χ1v) is 5.89. The summed E-state index contributed by atoms with van der Waals surface area (Å²) < 4.78 is 0. The largest absolute Gasteiger partial charge is 0.310 e. The van der Waals surface area contributed by atoms with E-state index in [0.717, 1.165) is 12.6 Å². The minimum atomic E-state index is 0.796.